The monoisotopic (exact) mass is 573 g/mol. The molecule has 42 heavy (non-hydrogen) atoms. The van der Waals surface area contributed by atoms with Gasteiger partial charge in [0.05, 0.1) is 0 Å². The van der Waals surface area contributed by atoms with E-state index in [1.807, 2.05) is 13.8 Å². The Bertz CT molecular complexity index is 1280. The van der Waals surface area contributed by atoms with Gasteiger partial charge in [-0.25, -0.2) is 9.78 Å². The van der Waals surface area contributed by atoms with Crippen LogP contribution < -0.4 is 16.4 Å². The highest BCUT2D eigenvalue weighted by atomic mass is 16.6. The lowest BCUT2D eigenvalue weighted by molar-refractivity contribution is -0.137. The fourth-order valence-corrected chi connectivity index (χ4v) is 4.78. The number of rotatable bonds is 7. The van der Waals surface area contributed by atoms with Crippen molar-refractivity contribution in [2.75, 3.05) is 18.8 Å². The highest BCUT2D eigenvalue weighted by Crippen LogP contribution is 2.19. The van der Waals surface area contributed by atoms with Crippen LogP contribution in [-0.2, 0) is 27.3 Å². The number of benzene rings is 2. The summed E-state index contributed by atoms with van der Waals surface area (Å²) in [5.41, 5.74) is 10.5. The molecule has 9 nitrogen and oxygen atoms in total. The lowest BCUT2D eigenvalue weighted by Gasteiger charge is -2.25. The number of aryl methyl sites for hydroxylation is 2. The van der Waals surface area contributed by atoms with E-state index < -0.39 is 17.7 Å². The van der Waals surface area contributed by atoms with E-state index in [1.165, 1.54) is 16.0 Å². The zero-order valence-electron chi connectivity index (χ0n) is 25.3. The van der Waals surface area contributed by atoms with Crippen molar-refractivity contribution in [2.45, 2.75) is 72.1 Å². The van der Waals surface area contributed by atoms with Gasteiger partial charge in [0.25, 0.3) is 0 Å². The molecular formula is C33H43N5O4. The molecule has 9 heteroatoms. The molecule has 3 aromatic rings. The van der Waals surface area contributed by atoms with Crippen LogP contribution in [0, 0.1) is 13.8 Å². The molecule has 0 aliphatic carbocycles. The molecule has 0 spiro atoms. The number of carbonyl (C=O) groups excluding carboxylic acids is 3. The molecule has 1 aliphatic rings. The number of alkyl carbamates (subject to hydrolysis) is 1. The van der Waals surface area contributed by atoms with Gasteiger partial charge in [0.15, 0.2) is 0 Å². The minimum atomic E-state index is -0.659. The van der Waals surface area contributed by atoms with Gasteiger partial charge in [0, 0.05) is 18.8 Å². The van der Waals surface area contributed by atoms with Gasteiger partial charge in [-0.05, 0) is 82.2 Å². The van der Waals surface area contributed by atoms with E-state index in [-0.39, 0.29) is 18.4 Å². The minimum absolute atomic E-state index is 0.210. The normalized spacial score (nSPS) is 14.4. The van der Waals surface area contributed by atoms with Gasteiger partial charge in [-0.1, -0.05) is 60.7 Å². The number of likely N-dealkylation sites (tertiary alicyclic amines) is 1. The predicted octanol–water partition coefficient (Wildman–Crippen LogP) is 4.69. The summed E-state index contributed by atoms with van der Waals surface area (Å²) in [7, 11) is 0. The first-order valence-electron chi connectivity index (χ1n) is 14.3. The van der Waals surface area contributed by atoms with Crippen molar-refractivity contribution in [2.24, 2.45) is 0 Å². The fourth-order valence-electron chi connectivity index (χ4n) is 4.78. The molecule has 0 unspecified atom stereocenters. The van der Waals surface area contributed by atoms with Crippen LogP contribution in [-0.4, -0.2) is 52.5 Å². The molecule has 1 aromatic heterocycles. The van der Waals surface area contributed by atoms with Gasteiger partial charge in [0.1, 0.15) is 24.0 Å². The molecule has 4 rings (SSSR count). The van der Waals surface area contributed by atoms with E-state index in [0.717, 1.165) is 29.7 Å². The van der Waals surface area contributed by atoms with Crippen molar-refractivity contribution >= 4 is 23.7 Å². The molecule has 2 heterocycles. The van der Waals surface area contributed by atoms with E-state index in [4.69, 9.17) is 10.5 Å². The Morgan fingerprint density at radius 1 is 0.976 bits per heavy atom. The lowest BCUT2D eigenvalue weighted by atomic mass is 10.1. The van der Waals surface area contributed by atoms with Crippen LogP contribution in [0.1, 0.15) is 61.6 Å². The number of ether oxygens (including phenoxy) is 1. The van der Waals surface area contributed by atoms with Gasteiger partial charge < -0.3 is 26.0 Å². The van der Waals surface area contributed by atoms with Crippen LogP contribution in [0.15, 0.2) is 66.7 Å². The number of amides is 3. The number of hydrogen-bond acceptors (Lipinski definition) is 6. The van der Waals surface area contributed by atoms with Crippen molar-refractivity contribution in [1.29, 1.82) is 0 Å². The summed E-state index contributed by atoms with van der Waals surface area (Å²) in [5.74, 6) is -0.0844. The van der Waals surface area contributed by atoms with Crippen LogP contribution >= 0.6 is 0 Å². The summed E-state index contributed by atoms with van der Waals surface area (Å²) >= 11 is 0. The Hall–Kier alpha value is -4.40. The van der Waals surface area contributed by atoms with Crippen molar-refractivity contribution in [3.63, 3.8) is 0 Å². The van der Waals surface area contributed by atoms with Crippen LogP contribution in [0.4, 0.5) is 10.6 Å². The van der Waals surface area contributed by atoms with Crippen LogP contribution in [0.25, 0.3) is 0 Å². The molecule has 2 aromatic carbocycles. The Morgan fingerprint density at radius 2 is 1.57 bits per heavy atom. The smallest absolute Gasteiger partial charge is 0.408 e. The van der Waals surface area contributed by atoms with Crippen molar-refractivity contribution in [3.8, 4) is 0 Å². The number of carbonyl (C=O) groups is 3. The predicted molar refractivity (Wildman–Crippen MR) is 165 cm³/mol. The summed E-state index contributed by atoms with van der Waals surface area (Å²) in [4.78, 5) is 42.7. The Morgan fingerprint density at radius 3 is 2.12 bits per heavy atom. The lowest BCUT2D eigenvalue weighted by Crippen LogP contribution is -2.49. The van der Waals surface area contributed by atoms with Gasteiger partial charge >= 0.3 is 6.09 Å². The van der Waals surface area contributed by atoms with E-state index in [0.29, 0.717) is 25.3 Å². The average molecular weight is 574 g/mol. The van der Waals surface area contributed by atoms with Gasteiger partial charge in [-0.15, -0.1) is 0 Å². The van der Waals surface area contributed by atoms with E-state index in [2.05, 4.69) is 76.3 Å². The first kappa shape index (κ1) is 32.1. The third-order valence-corrected chi connectivity index (χ3v) is 6.77. The third kappa shape index (κ3) is 10.2. The maximum atomic E-state index is 12.7. The minimum Gasteiger partial charge on any atom is -0.444 e. The Labute approximate surface area is 248 Å². The average Bonchev–Trinajstić information content (AvgIpc) is 3.42. The fraction of sp³-hybridized carbons (Fsp3) is 0.394. The summed E-state index contributed by atoms with van der Waals surface area (Å²) < 4.78 is 5.13. The molecule has 0 saturated carbocycles. The molecule has 224 valence electrons. The zero-order chi connectivity index (χ0) is 30.7. The van der Waals surface area contributed by atoms with E-state index in [9.17, 15) is 14.4 Å². The zero-order valence-corrected chi connectivity index (χ0v) is 25.3. The number of hydrogen-bond donors (Lipinski definition) is 3. The quantitative estimate of drug-likeness (QED) is 0.376. The second-order valence-corrected chi connectivity index (χ2v) is 11.4. The number of nitrogens with two attached hydrogens (primary N) is 1. The summed E-state index contributed by atoms with van der Waals surface area (Å²) in [6.45, 7) is 9.59. The standard InChI is InChI=1S/C20H31N5O4.C13H12/c1-12-9-16(21)24-13(2)14(12)10-22-18(27)15-7-6-8-25(15)17(26)11-23-19(28)29-20(3,4)5;1-3-7-12(8-4-1)11-13-9-5-2-6-10-13/h9,15H,6-8,10-11H2,1-5H3,(H2,21,24)(H,22,27)(H,23,28);1-10H,11H2/t15-;/m0./s1. The van der Waals surface area contributed by atoms with Crippen LogP contribution in [0.2, 0.25) is 0 Å². The SMILES string of the molecule is Cc1cc(N)nc(C)c1CNC(=O)[C@@H]1CCCN1C(=O)CNC(=O)OC(C)(C)C.c1ccc(Cc2ccccc2)cc1. The molecule has 0 radical (unpaired) electrons. The summed E-state index contributed by atoms with van der Waals surface area (Å²) in [6.07, 6.45) is 1.69. The molecule has 3 amide bonds. The molecule has 1 atom stereocenters. The first-order chi connectivity index (χ1) is 19.9. The summed E-state index contributed by atoms with van der Waals surface area (Å²) in [5, 5.41) is 5.35. The maximum absolute atomic E-state index is 12.7. The van der Waals surface area contributed by atoms with Gasteiger partial charge in [-0.3, -0.25) is 9.59 Å². The van der Waals surface area contributed by atoms with Crippen molar-refractivity contribution in [3.05, 3.63) is 94.7 Å². The number of nitrogens with zero attached hydrogens (tertiary/aromatic N) is 2. The topological polar surface area (TPSA) is 127 Å². The first-order valence-corrected chi connectivity index (χ1v) is 14.3. The Kier molecular flexibility index (Phi) is 11.5. The van der Waals surface area contributed by atoms with E-state index in [1.54, 1.807) is 26.8 Å². The number of aromatic nitrogens is 1. The molecule has 1 aliphatic heterocycles. The summed E-state index contributed by atoms with van der Waals surface area (Å²) in [6, 6.07) is 22.3. The van der Waals surface area contributed by atoms with Gasteiger partial charge in [-0.2, -0.15) is 0 Å². The van der Waals surface area contributed by atoms with E-state index >= 15 is 0 Å². The molecule has 1 saturated heterocycles. The highest BCUT2D eigenvalue weighted by Gasteiger charge is 2.34. The molecular weight excluding hydrogens is 530 g/mol. The molecule has 4 N–H and O–H groups in total. The third-order valence-electron chi connectivity index (χ3n) is 6.77. The highest BCUT2D eigenvalue weighted by molar-refractivity contribution is 5.90. The van der Waals surface area contributed by atoms with Crippen LogP contribution in [0.5, 0.6) is 0 Å². The number of nitrogen functional groups attached to an aromatic ring is 1. The number of nitrogens with one attached hydrogen (secondary N) is 2. The maximum Gasteiger partial charge on any atom is 0.408 e. The second-order valence-electron chi connectivity index (χ2n) is 11.4. The molecule has 0 bridgehead atoms. The number of anilines is 1. The largest absolute Gasteiger partial charge is 0.444 e. The number of pyridine rings is 1. The van der Waals surface area contributed by atoms with Crippen LogP contribution in [0.3, 0.4) is 0 Å². The Balaban J connectivity index is 0.000000307. The second kappa shape index (κ2) is 15.0. The molecule has 1 fully saturated rings. The van der Waals surface area contributed by atoms with Crippen molar-refractivity contribution in [1.82, 2.24) is 20.5 Å². The van der Waals surface area contributed by atoms with Gasteiger partial charge in [0.2, 0.25) is 11.8 Å². The van der Waals surface area contributed by atoms with Crippen molar-refractivity contribution < 1.29 is 19.1 Å².